The minimum Gasteiger partial charge on any atom is -0.352 e. The third kappa shape index (κ3) is 3.95. The Labute approximate surface area is 82.4 Å². The molecule has 0 amide bonds. The predicted molar refractivity (Wildman–Crippen MR) is 57.3 cm³/mol. The first-order valence-electron chi connectivity index (χ1n) is 5.84. The Bertz CT molecular complexity index is 145. The number of rotatable bonds is 4. The standard InChI is InChI=1S/C12H23N/c1-2-3-5-10-12(13)11-8-6-4-7-9-11/h5,10-12H,2-4,6-9,13H2,1H3/p+1/b10-5+. The van der Waals surface area contributed by atoms with Crippen molar-refractivity contribution in [3.63, 3.8) is 0 Å². The normalized spacial score (nSPS) is 22.3. The second-order valence-electron chi connectivity index (χ2n) is 4.28. The summed E-state index contributed by atoms with van der Waals surface area (Å²) in [5, 5.41) is 0. The zero-order chi connectivity index (χ0) is 9.52. The van der Waals surface area contributed by atoms with E-state index in [9.17, 15) is 0 Å². The summed E-state index contributed by atoms with van der Waals surface area (Å²) in [4.78, 5) is 0. The second kappa shape index (κ2) is 6.20. The Morgan fingerprint density at radius 3 is 2.62 bits per heavy atom. The molecule has 0 aromatic rings. The highest BCUT2D eigenvalue weighted by Gasteiger charge is 2.20. The molecule has 1 aliphatic carbocycles. The smallest absolute Gasteiger partial charge is 0.106 e. The zero-order valence-corrected chi connectivity index (χ0v) is 8.97. The van der Waals surface area contributed by atoms with Crippen LogP contribution < -0.4 is 5.73 Å². The molecule has 1 nitrogen and oxygen atoms in total. The summed E-state index contributed by atoms with van der Waals surface area (Å²) >= 11 is 0. The van der Waals surface area contributed by atoms with Crippen molar-refractivity contribution >= 4 is 0 Å². The highest BCUT2D eigenvalue weighted by molar-refractivity contribution is 4.91. The molecule has 13 heavy (non-hydrogen) atoms. The Morgan fingerprint density at radius 1 is 1.31 bits per heavy atom. The molecule has 0 aromatic carbocycles. The average Bonchev–Trinajstić information content (AvgIpc) is 2.19. The van der Waals surface area contributed by atoms with Crippen LogP contribution in [0.3, 0.4) is 0 Å². The molecule has 0 radical (unpaired) electrons. The first-order valence-corrected chi connectivity index (χ1v) is 5.84. The topological polar surface area (TPSA) is 27.6 Å². The first kappa shape index (κ1) is 10.8. The average molecular weight is 182 g/mol. The number of hydrogen-bond donors (Lipinski definition) is 1. The lowest BCUT2D eigenvalue weighted by Gasteiger charge is -2.22. The van der Waals surface area contributed by atoms with Gasteiger partial charge in [0.2, 0.25) is 0 Å². The van der Waals surface area contributed by atoms with Gasteiger partial charge in [-0.25, -0.2) is 0 Å². The van der Waals surface area contributed by atoms with Gasteiger partial charge in [0, 0.05) is 5.92 Å². The Hall–Kier alpha value is -0.300. The van der Waals surface area contributed by atoms with E-state index in [-0.39, 0.29) is 0 Å². The van der Waals surface area contributed by atoms with Crippen molar-refractivity contribution < 1.29 is 5.73 Å². The molecular formula is C12H24N+. The SMILES string of the molecule is CCC/C=C/C([NH3+])C1CCCCC1. The van der Waals surface area contributed by atoms with E-state index in [4.69, 9.17) is 0 Å². The third-order valence-electron chi connectivity index (χ3n) is 3.09. The van der Waals surface area contributed by atoms with Gasteiger partial charge in [0.25, 0.3) is 0 Å². The van der Waals surface area contributed by atoms with Gasteiger partial charge >= 0.3 is 0 Å². The lowest BCUT2D eigenvalue weighted by atomic mass is 9.84. The minimum atomic E-state index is 0.576. The number of hydrogen-bond acceptors (Lipinski definition) is 0. The summed E-state index contributed by atoms with van der Waals surface area (Å²) in [6.07, 6.45) is 14.2. The molecule has 0 aromatic heterocycles. The zero-order valence-electron chi connectivity index (χ0n) is 8.97. The molecule has 0 heterocycles. The fraction of sp³-hybridized carbons (Fsp3) is 0.833. The molecule has 1 atom stereocenters. The molecule has 1 aliphatic rings. The van der Waals surface area contributed by atoms with E-state index in [0.717, 1.165) is 5.92 Å². The summed E-state index contributed by atoms with van der Waals surface area (Å²) in [6, 6.07) is 0.576. The van der Waals surface area contributed by atoms with E-state index in [1.54, 1.807) is 0 Å². The van der Waals surface area contributed by atoms with Crippen molar-refractivity contribution in [2.24, 2.45) is 5.92 Å². The molecule has 1 rings (SSSR count). The Balaban J connectivity index is 2.24. The molecule has 1 heteroatoms. The van der Waals surface area contributed by atoms with Crippen molar-refractivity contribution in [1.82, 2.24) is 0 Å². The second-order valence-corrected chi connectivity index (χ2v) is 4.28. The van der Waals surface area contributed by atoms with Gasteiger partial charge in [-0.15, -0.1) is 0 Å². The minimum absolute atomic E-state index is 0.576. The molecule has 1 saturated carbocycles. The van der Waals surface area contributed by atoms with Gasteiger partial charge in [-0.3, -0.25) is 0 Å². The van der Waals surface area contributed by atoms with Gasteiger partial charge in [-0.05, 0) is 25.3 Å². The molecule has 0 bridgehead atoms. The van der Waals surface area contributed by atoms with Crippen molar-refractivity contribution in [2.45, 2.75) is 57.9 Å². The van der Waals surface area contributed by atoms with Crippen molar-refractivity contribution in [1.29, 1.82) is 0 Å². The summed E-state index contributed by atoms with van der Waals surface area (Å²) in [5.41, 5.74) is 4.25. The quantitative estimate of drug-likeness (QED) is 0.647. The maximum Gasteiger partial charge on any atom is 0.106 e. The Morgan fingerprint density at radius 2 is 2.00 bits per heavy atom. The molecule has 0 spiro atoms. The molecule has 1 unspecified atom stereocenters. The van der Waals surface area contributed by atoms with Gasteiger partial charge in [0.15, 0.2) is 0 Å². The van der Waals surface area contributed by atoms with Gasteiger partial charge in [0.05, 0.1) is 0 Å². The van der Waals surface area contributed by atoms with Crippen LogP contribution in [0.15, 0.2) is 12.2 Å². The van der Waals surface area contributed by atoms with Crippen LogP contribution in [0, 0.1) is 5.92 Å². The fourth-order valence-corrected chi connectivity index (χ4v) is 2.16. The van der Waals surface area contributed by atoms with Crippen LogP contribution in [0.2, 0.25) is 0 Å². The summed E-state index contributed by atoms with van der Waals surface area (Å²) in [6.45, 7) is 2.23. The summed E-state index contributed by atoms with van der Waals surface area (Å²) in [5.74, 6) is 0.877. The maximum absolute atomic E-state index is 4.25. The molecule has 76 valence electrons. The summed E-state index contributed by atoms with van der Waals surface area (Å²) < 4.78 is 0. The number of quaternary nitrogens is 1. The largest absolute Gasteiger partial charge is 0.352 e. The van der Waals surface area contributed by atoms with Gasteiger partial charge in [0.1, 0.15) is 6.04 Å². The monoisotopic (exact) mass is 182 g/mol. The fourth-order valence-electron chi connectivity index (χ4n) is 2.16. The van der Waals surface area contributed by atoms with Gasteiger partial charge < -0.3 is 5.73 Å². The van der Waals surface area contributed by atoms with Gasteiger partial charge in [-0.2, -0.15) is 0 Å². The predicted octanol–water partition coefficient (Wildman–Crippen LogP) is 2.53. The van der Waals surface area contributed by atoms with Crippen LogP contribution in [0.4, 0.5) is 0 Å². The van der Waals surface area contributed by atoms with E-state index >= 15 is 0 Å². The van der Waals surface area contributed by atoms with E-state index in [1.165, 1.54) is 44.9 Å². The van der Waals surface area contributed by atoms with E-state index in [0.29, 0.717) is 6.04 Å². The van der Waals surface area contributed by atoms with E-state index in [1.807, 2.05) is 0 Å². The number of allylic oxidation sites excluding steroid dienone is 1. The number of unbranched alkanes of at least 4 members (excludes halogenated alkanes) is 1. The Kier molecular flexibility index (Phi) is 5.14. The van der Waals surface area contributed by atoms with E-state index < -0.39 is 0 Å². The van der Waals surface area contributed by atoms with Crippen LogP contribution in [0.1, 0.15) is 51.9 Å². The first-order chi connectivity index (χ1) is 6.34. The highest BCUT2D eigenvalue weighted by Crippen LogP contribution is 2.25. The van der Waals surface area contributed by atoms with Crippen LogP contribution >= 0.6 is 0 Å². The lowest BCUT2D eigenvalue weighted by Crippen LogP contribution is -2.63. The lowest BCUT2D eigenvalue weighted by molar-refractivity contribution is -0.417. The van der Waals surface area contributed by atoms with Crippen LogP contribution in [-0.4, -0.2) is 6.04 Å². The maximum atomic E-state index is 4.25. The molecule has 3 N–H and O–H groups in total. The van der Waals surface area contributed by atoms with Crippen LogP contribution in [0.5, 0.6) is 0 Å². The summed E-state index contributed by atoms with van der Waals surface area (Å²) in [7, 11) is 0. The van der Waals surface area contributed by atoms with Crippen molar-refractivity contribution in [3.8, 4) is 0 Å². The van der Waals surface area contributed by atoms with Crippen molar-refractivity contribution in [2.75, 3.05) is 0 Å². The van der Waals surface area contributed by atoms with Gasteiger partial charge in [-0.1, -0.05) is 38.7 Å². The molecule has 1 fully saturated rings. The highest BCUT2D eigenvalue weighted by atomic mass is 14.6. The molecular weight excluding hydrogens is 158 g/mol. The molecule has 0 aliphatic heterocycles. The molecule has 0 saturated heterocycles. The van der Waals surface area contributed by atoms with Crippen LogP contribution in [0.25, 0.3) is 0 Å². The van der Waals surface area contributed by atoms with Crippen LogP contribution in [-0.2, 0) is 0 Å². The third-order valence-corrected chi connectivity index (χ3v) is 3.09. The van der Waals surface area contributed by atoms with E-state index in [2.05, 4.69) is 24.8 Å². The van der Waals surface area contributed by atoms with Crippen molar-refractivity contribution in [3.05, 3.63) is 12.2 Å².